The molecular weight excluding hydrogens is 526 g/mol. The Labute approximate surface area is 246 Å². The summed E-state index contributed by atoms with van der Waals surface area (Å²) in [6, 6.07) is 26.4. The molecule has 7 rings (SSSR count). The van der Waals surface area contributed by atoms with Crippen LogP contribution in [0, 0.1) is 0 Å². The van der Waals surface area contributed by atoms with E-state index < -0.39 is 0 Å². The minimum atomic E-state index is -0.389. The molecule has 216 valence electrons. The van der Waals surface area contributed by atoms with Crippen LogP contribution in [0.1, 0.15) is 16.7 Å². The molecule has 1 saturated heterocycles. The van der Waals surface area contributed by atoms with Gasteiger partial charge in [-0.3, -0.25) is 4.79 Å². The highest BCUT2D eigenvalue weighted by Gasteiger charge is 2.21. The van der Waals surface area contributed by atoms with Crippen LogP contribution in [0.25, 0.3) is 11.3 Å². The van der Waals surface area contributed by atoms with E-state index in [4.69, 9.17) is 9.72 Å². The van der Waals surface area contributed by atoms with Crippen LogP contribution in [0.2, 0.25) is 0 Å². The number of amides is 1. The lowest BCUT2D eigenvalue weighted by molar-refractivity contribution is -0.123. The minimum Gasteiger partial charge on any atom is -0.378 e. The SMILES string of the molecule is O=C1NCCNCc2ccc(cc2)-c2ccnc(n2)Nc2ccc(N3CCOCC3)c(c2)CN[C@H]1Cc1ccccc1. The second-order valence-corrected chi connectivity index (χ2v) is 10.6. The highest BCUT2D eigenvalue weighted by molar-refractivity contribution is 5.82. The van der Waals surface area contributed by atoms with Crippen LogP contribution in [0.15, 0.2) is 85.1 Å². The fourth-order valence-electron chi connectivity index (χ4n) is 5.39. The van der Waals surface area contributed by atoms with Crippen molar-refractivity contribution < 1.29 is 9.53 Å². The summed E-state index contributed by atoms with van der Waals surface area (Å²) in [4.78, 5) is 25.1. The maximum Gasteiger partial charge on any atom is 0.237 e. The molecule has 0 saturated carbocycles. The van der Waals surface area contributed by atoms with Crippen LogP contribution in [-0.4, -0.2) is 61.3 Å². The lowest BCUT2D eigenvalue weighted by Crippen LogP contribution is -2.47. The van der Waals surface area contributed by atoms with Gasteiger partial charge in [-0.25, -0.2) is 9.97 Å². The number of carbonyl (C=O) groups excluding carboxylic acids is 1. The van der Waals surface area contributed by atoms with Crippen molar-refractivity contribution in [3.05, 3.63) is 102 Å². The Morgan fingerprint density at radius 2 is 1.74 bits per heavy atom. The summed E-state index contributed by atoms with van der Waals surface area (Å²) in [5.41, 5.74) is 7.29. The number of aromatic nitrogens is 2. The summed E-state index contributed by atoms with van der Waals surface area (Å²) in [7, 11) is 0. The molecule has 0 aliphatic carbocycles. The lowest BCUT2D eigenvalue weighted by Gasteiger charge is -2.31. The van der Waals surface area contributed by atoms with Crippen molar-refractivity contribution in [3.8, 4) is 11.3 Å². The zero-order chi connectivity index (χ0) is 28.6. The number of morpholine rings is 1. The van der Waals surface area contributed by atoms with Gasteiger partial charge in [0.05, 0.1) is 24.9 Å². The number of ether oxygens (including phenoxy) is 1. The average Bonchev–Trinajstić information content (AvgIpc) is 3.04. The van der Waals surface area contributed by atoms with Crippen LogP contribution in [0.5, 0.6) is 0 Å². The summed E-state index contributed by atoms with van der Waals surface area (Å²) >= 11 is 0. The van der Waals surface area contributed by atoms with E-state index in [0.29, 0.717) is 45.2 Å². The molecule has 1 fully saturated rings. The van der Waals surface area contributed by atoms with E-state index in [-0.39, 0.29) is 11.9 Å². The lowest BCUT2D eigenvalue weighted by atomic mass is 10.0. The fraction of sp³-hybridized carbons (Fsp3) is 0.303. The first-order valence-electron chi connectivity index (χ1n) is 14.6. The molecule has 0 radical (unpaired) electrons. The number of benzene rings is 3. The van der Waals surface area contributed by atoms with Crippen molar-refractivity contribution in [1.82, 2.24) is 25.9 Å². The topological polar surface area (TPSA) is 103 Å². The van der Waals surface area contributed by atoms with Crippen molar-refractivity contribution in [2.75, 3.05) is 49.6 Å². The highest BCUT2D eigenvalue weighted by Crippen LogP contribution is 2.27. The number of rotatable bonds is 3. The molecule has 1 atom stereocenters. The normalized spacial score (nSPS) is 18.1. The number of anilines is 3. The molecule has 0 spiro atoms. The summed E-state index contributed by atoms with van der Waals surface area (Å²) in [5.74, 6) is 0.527. The van der Waals surface area contributed by atoms with Gasteiger partial charge in [0, 0.05) is 62.4 Å². The summed E-state index contributed by atoms with van der Waals surface area (Å²) in [6.07, 6.45) is 2.38. The molecule has 6 bridgehead atoms. The zero-order valence-corrected chi connectivity index (χ0v) is 23.7. The largest absolute Gasteiger partial charge is 0.378 e. The van der Waals surface area contributed by atoms with Gasteiger partial charge in [-0.15, -0.1) is 0 Å². The van der Waals surface area contributed by atoms with Gasteiger partial charge in [0.15, 0.2) is 0 Å². The first kappa shape index (κ1) is 27.8. The average molecular weight is 564 g/mol. The molecule has 0 unspecified atom stereocenters. The third-order valence-corrected chi connectivity index (χ3v) is 7.66. The van der Waals surface area contributed by atoms with Gasteiger partial charge in [0.1, 0.15) is 0 Å². The first-order valence-corrected chi connectivity index (χ1v) is 14.6. The van der Waals surface area contributed by atoms with E-state index in [1.165, 1.54) is 5.56 Å². The number of nitrogens with zero attached hydrogens (tertiary/aromatic N) is 3. The van der Waals surface area contributed by atoms with Gasteiger partial charge in [-0.05, 0) is 47.4 Å². The second kappa shape index (κ2) is 13.6. The number of fused-ring (bicyclic) bond motifs is 10. The van der Waals surface area contributed by atoms with Gasteiger partial charge >= 0.3 is 0 Å². The summed E-state index contributed by atoms with van der Waals surface area (Å²) < 4.78 is 5.61. The minimum absolute atomic E-state index is 0.00757. The number of hydrogen-bond acceptors (Lipinski definition) is 8. The standard InChI is InChI=1S/C33H37N7O2/c41-32-30(20-24-4-2-1-3-5-24)37-23-27-21-28(10-11-31(27)40-16-18-42-19-17-40)38-33-36-13-12-29(39-33)26-8-6-25(7-9-26)22-34-14-15-35-32/h1-13,21,30,34,37H,14-20,22-23H2,(H,35,41)(H,36,38,39)/t30-/m0/s1. The Balaban J connectivity index is 1.32. The van der Waals surface area contributed by atoms with Crippen LogP contribution in [0.3, 0.4) is 0 Å². The maximum atomic E-state index is 13.4. The fourth-order valence-corrected chi connectivity index (χ4v) is 5.39. The van der Waals surface area contributed by atoms with Gasteiger partial charge in [0.2, 0.25) is 11.9 Å². The van der Waals surface area contributed by atoms with Gasteiger partial charge in [-0.1, -0.05) is 54.6 Å². The van der Waals surface area contributed by atoms with Gasteiger partial charge < -0.3 is 30.9 Å². The number of nitrogens with one attached hydrogen (secondary N) is 4. The smallest absolute Gasteiger partial charge is 0.237 e. The third kappa shape index (κ3) is 7.12. The van der Waals surface area contributed by atoms with Crippen molar-refractivity contribution in [1.29, 1.82) is 0 Å². The van der Waals surface area contributed by atoms with Crippen molar-refractivity contribution in [2.45, 2.75) is 25.6 Å². The van der Waals surface area contributed by atoms with E-state index in [0.717, 1.165) is 53.4 Å². The number of hydrogen-bond donors (Lipinski definition) is 4. The van der Waals surface area contributed by atoms with Gasteiger partial charge in [-0.2, -0.15) is 0 Å². The Bertz CT molecular complexity index is 1470. The Kier molecular flexibility index (Phi) is 8.99. The van der Waals surface area contributed by atoms with E-state index in [1.807, 2.05) is 24.3 Å². The Morgan fingerprint density at radius 3 is 2.57 bits per heavy atom. The molecule has 4 heterocycles. The molecule has 4 aromatic rings. The molecule has 1 aromatic heterocycles. The monoisotopic (exact) mass is 563 g/mol. The molecule has 3 aromatic carbocycles. The molecule has 3 aliphatic rings. The first-order chi connectivity index (χ1) is 20.7. The number of carbonyl (C=O) groups is 1. The van der Waals surface area contributed by atoms with E-state index in [1.54, 1.807) is 6.20 Å². The molecule has 3 aliphatic heterocycles. The van der Waals surface area contributed by atoms with Crippen LogP contribution >= 0.6 is 0 Å². The molecule has 9 nitrogen and oxygen atoms in total. The zero-order valence-electron chi connectivity index (χ0n) is 23.7. The molecule has 42 heavy (non-hydrogen) atoms. The Hall–Kier alpha value is -4.31. The Morgan fingerprint density at radius 1 is 0.905 bits per heavy atom. The highest BCUT2D eigenvalue weighted by atomic mass is 16.5. The summed E-state index contributed by atoms with van der Waals surface area (Å²) in [5, 5.41) is 13.6. The van der Waals surface area contributed by atoms with Gasteiger partial charge in [0.25, 0.3) is 0 Å². The third-order valence-electron chi connectivity index (χ3n) is 7.66. The van der Waals surface area contributed by atoms with Crippen molar-refractivity contribution in [3.63, 3.8) is 0 Å². The molecular formula is C33H37N7O2. The summed E-state index contributed by atoms with van der Waals surface area (Å²) in [6.45, 7) is 5.51. The van der Waals surface area contributed by atoms with Crippen molar-refractivity contribution >= 4 is 23.2 Å². The molecule has 1 amide bonds. The van der Waals surface area contributed by atoms with Crippen LogP contribution < -0.4 is 26.2 Å². The van der Waals surface area contributed by atoms with Crippen LogP contribution in [0.4, 0.5) is 17.3 Å². The van der Waals surface area contributed by atoms with E-state index >= 15 is 0 Å². The van der Waals surface area contributed by atoms with E-state index in [9.17, 15) is 4.79 Å². The van der Waals surface area contributed by atoms with Crippen LogP contribution in [-0.2, 0) is 29.0 Å². The predicted octanol–water partition coefficient (Wildman–Crippen LogP) is 3.64. The second-order valence-electron chi connectivity index (χ2n) is 10.6. The van der Waals surface area contributed by atoms with E-state index in [2.05, 4.69) is 85.7 Å². The molecule has 9 heteroatoms. The predicted molar refractivity (Wildman–Crippen MR) is 166 cm³/mol. The van der Waals surface area contributed by atoms with Crippen molar-refractivity contribution in [2.24, 2.45) is 0 Å². The maximum absolute atomic E-state index is 13.4. The quantitative estimate of drug-likeness (QED) is 0.280. The molecule has 4 N–H and O–H groups in total.